The molecule has 2 aliphatic rings. The molecule has 0 aromatic rings. The van der Waals surface area contributed by atoms with Gasteiger partial charge in [0.25, 0.3) is 0 Å². The quantitative estimate of drug-likeness (QED) is 0.730. The molecule has 1 amide bonds. The van der Waals surface area contributed by atoms with Crippen molar-refractivity contribution in [2.75, 3.05) is 26.7 Å². The molecule has 0 atom stereocenters. The highest BCUT2D eigenvalue weighted by Gasteiger charge is 2.23. The molecule has 0 unspecified atom stereocenters. The summed E-state index contributed by atoms with van der Waals surface area (Å²) in [6.07, 6.45) is 9.01. The summed E-state index contributed by atoms with van der Waals surface area (Å²) in [7, 11) is 2.12. The highest BCUT2D eigenvalue weighted by atomic mass is 16.2. The van der Waals surface area contributed by atoms with E-state index >= 15 is 0 Å². The van der Waals surface area contributed by atoms with Gasteiger partial charge in [-0.15, -0.1) is 0 Å². The van der Waals surface area contributed by atoms with Gasteiger partial charge in [0.2, 0.25) is 5.91 Å². The number of likely N-dealkylation sites (N-methyl/N-ethyl adjacent to an activating group) is 1. The van der Waals surface area contributed by atoms with Crippen LogP contribution in [0.4, 0.5) is 0 Å². The lowest BCUT2D eigenvalue weighted by molar-refractivity contribution is -0.131. The van der Waals surface area contributed by atoms with Crippen LogP contribution in [0.5, 0.6) is 0 Å². The van der Waals surface area contributed by atoms with E-state index in [0.29, 0.717) is 18.5 Å². The summed E-state index contributed by atoms with van der Waals surface area (Å²) in [6, 6.07) is 0.653. The van der Waals surface area contributed by atoms with E-state index in [9.17, 15) is 4.79 Å². The second-order valence-electron chi connectivity index (χ2n) is 5.29. The second-order valence-corrected chi connectivity index (χ2v) is 5.29. The third-order valence-corrected chi connectivity index (χ3v) is 4.04. The molecule has 0 aromatic carbocycles. The lowest BCUT2D eigenvalue weighted by atomic mass is 9.94. The van der Waals surface area contributed by atoms with Crippen LogP contribution in [0.15, 0.2) is 0 Å². The summed E-state index contributed by atoms with van der Waals surface area (Å²) >= 11 is 0. The molecule has 0 radical (unpaired) electrons. The van der Waals surface area contributed by atoms with Gasteiger partial charge in [-0.2, -0.15) is 0 Å². The fourth-order valence-corrected chi connectivity index (χ4v) is 2.93. The largest absolute Gasteiger partial charge is 0.342 e. The molecule has 3 heteroatoms. The molecule has 3 nitrogen and oxygen atoms in total. The Morgan fingerprint density at radius 3 is 2.38 bits per heavy atom. The van der Waals surface area contributed by atoms with Crippen molar-refractivity contribution >= 4 is 5.91 Å². The molecule has 1 saturated carbocycles. The van der Waals surface area contributed by atoms with Gasteiger partial charge in [-0.25, -0.2) is 0 Å². The van der Waals surface area contributed by atoms with Gasteiger partial charge in [-0.05, 0) is 32.7 Å². The van der Waals surface area contributed by atoms with Crippen molar-refractivity contribution in [3.05, 3.63) is 0 Å². The SMILES string of the molecule is CN(CC(=O)N1CCCC1)C1CCCCC1. The number of hydrogen-bond acceptors (Lipinski definition) is 2. The van der Waals surface area contributed by atoms with Gasteiger partial charge in [-0.1, -0.05) is 19.3 Å². The minimum Gasteiger partial charge on any atom is -0.342 e. The minimum atomic E-state index is 0.338. The Morgan fingerprint density at radius 1 is 1.12 bits per heavy atom. The predicted molar refractivity (Wildman–Crippen MR) is 65.3 cm³/mol. The molecule has 0 spiro atoms. The molecule has 1 saturated heterocycles. The molecule has 0 aromatic heterocycles. The van der Waals surface area contributed by atoms with Crippen LogP contribution in [-0.2, 0) is 4.79 Å². The van der Waals surface area contributed by atoms with Crippen LogP contribution in [-0.4, -0.2) is 48.4 Å². The summed E-state index contributed by atoms with van der Waals surface area (Å²) in [5, 5.41) is 0. The van der Waals surface area contributed by atoms with E-state index in [2.05, 4.69) is 11.9 Å². The number of rotatable bonds is 3. The van der Waals surface area contributed by atoms with Crippen molar-refractivity contribution in [1.29, 1.82) is 0 Å². The van der Waals surface area contributed by atoms with Gasteiger partial charge in [0.05, 0.1) is 6.54 Å². The first-order valence-corrected chi connectivity index (χ1v) is 6.75. The fraction of sp³-hybridized carbons (Fsp3) is 0.923. The standard InChI is InChI=1S/C13H24N2O/c1-14(12-7-3-2-4-8-12)11-13(16)15-9-5-6-10-15/h12H,2-11H2,1H3. The van der Waals surface area contributed by atoms with Crippen LogP contribution in [0.3, 0.4) is 0 Å². The number of carbonyl (C=O) groups excluding carboxylic acids is 1. The molecular formula is C13H24N2O. The average Bonchev–Trinajstić information content (AvgIpc) is 2.83. The van der Waals surface area contributed by atoms with Crippen LogP contribution in [0.1, 0.15) is 44.9 Å². The first-order valence-electron chi connectivity index (χ1n) is 6.75. The van der Waals surface area contributed by atoms with E-state index < -0.39 is 0 Å². The van der Waals surface area contributed by atoms with Gasteiger partial charge in [0, 0.05) is 19.1 Å². The third-order valence-electron chi connectivity index (χ3n) is 4.04. The Balaban J connectivity index is 1.76. The second kappa shape index (κ2) is 5.67. The third kappa shape index (κ3) is 2.97. The number of nitrogens with zero attached hydrogens (tertiary/aromatic N) is 2. The lowest BCUT2D eigenvalue weighted by Crippen LogP contribution is -2.42. The van der Waals surface area contributed by atoms with Crippen LogP contribution >= 0.6 is 0 Å². The van der Waals surface area contributed by atoms with E-state index in [1.54, 1.807) is 0 Å². The van der Waals surface area contributed by atoms with Crippen molar-refractivity contribution in [3.8, 4) is 0 Å². The van der Waals surface area contributed by atoms with Crippen LogP contribution in [0, 0.1) is 0 Å². The van der Waals surface area contributed by atoms with E-state index in [1.807, 2.05) is 4.90 Å². The first kappa shape index (κ1) is 11.9. The maximum Gasteiger partial charge on any atom is 0.236 e. The number of amides is 1. The summed E-state index contributed by atoms with van der Waals surface area (Å²) < 4.78 is 0. The topological polar surface area (TPSA) is 23.6 Å². The highest BCUT2D eigenvalue weighted by molar-refractivity contribution is 5.78. The van der Waals surface area contributed by atoms with Crippen molar-refractivity contribution in [1.82, 2.24) is 9.80 Å². The summed E-state index contributed by atoms with van der Waals surface area (Å²) in [5.41, 5.74) is 0. The molecular weight excluding hydrogens is 200 g/mol. The highest BCUT2D eigenvalue weighted by Crippen LogP contribution is 2.21. The van der Waals surface area contributed by atoms with Gasteiger partial charge in [-0.3, -0.25) is 9.69 Å². The summed E-state index contributed by atoms with van der Waals surface area (Å²) in [5.74, 6) is 0.338. The minimum absolute atomic E-state index is 0.338. The van der Waals surface area contributed by atoms with E-state index in [-0.39, 0.29) is 0 Å². The fourth-order valence-electron chi connectivity index (χ4n) is 2.93. The molecule has 1 aliphatic carbocycles. The Morgan fingerprint density at radius 2 is 1.75 bits per heavy atom. The molecule has 2 fully saturated rings. The average molecular weight is 224 g/mol. The number of likely N-dealkylation sites (tertiary alicyclic amines) is 1. The van der Waals surface area contributed by atoms with Crippen molar-refractivity contribution in [3.63, 3.8) is 0 Å². The first-order chi connectivity index (χ1) is 7.77. The predicted octanol–water partition coefficient (Wildman–Crippen LogP) is 1.87. The zero-order chi connectivity index (χ0) is 11.4. The molecule has 0 bridgehead atoms. The Bertz CT molecular complexity index is 230. The Kier molecular flexibility index (Phi) is 4.22. The molecule has 16 heavy (non-hydrogen) atoms. The molecule has 1 heterocycles. The van der Waals surface area contributed by atoms with E-state index in [4.69, 9.17) is 0 Å². The number of carbonyl (C=O) groups is 1. The Labute approximate surface area is 98.8 Å². The van der Waals surface area contributed by atoms with Gasteiger partial charge in [0.15, 0.2) is 0 Å². The maximum atomic E-state index is 12.0. The van der Waals surface area contributed by atoms with E-state index in [0.717, 1.165) is 13.1 Å². The summed E-state index contributed by atoms with van der Waals surface area (Å²) in [4.78, 5) is 16.3. The normalized spacial score (nSPS) is 23.0. The molecule has 1 aliphatic heterocycles. The molecule has 0 N–H and O–H groups in total. The van der Waals surface area contributed by atoms with Crippen molar-refractivity contribution in [2.45, 2.75) is 51.0 Å². The maximum absolute atomic E-state index is 12.0. The van der Waals surface area contributed by atoms with Gasteiger partial charge < -0.3 is 4.90 Å². The molecule has 92 valence electrons. The smallest absolute Gasteiger partial charge is 0.236 e. The van der Waals surface area contributed by atoms with E-state index in [1.165, 1.54) is 44.9 Å². The van der Waals surface area contributed by atoms with Crippen LogP contribution in [0.25, 0.3) is 0 Å². The zero-order valence-electron chi connectivity index (χ0n) is 10.5. The van der Waals surface area contributed by atoms with Crippen LogP contribution < -0.4 is 0 Å². The number of hydrogen-bond donors (Lipinski definition) is 0. The van der Waals surface area contributed by atoms with Crippen molar-refractivity contribution < 1.29 is 4.79 Å². The lowest BCUT2D eigenvalue weighted by Gasteiger charge is -2.31. The van der Waals surface area contributed by atoms with Gasteiger partial charge >= 0.3 is 0 Å². The molecule has 2 rings (SSSR count). The summed E-state index contributed by atoms with van der Waals surface area (Å²) in [6.45, 7) is 2.60. The monoisotopic (exact) mass is 224 g/mol. The Hall–Kier alpha value is -0.570. The van der Waals surface area contributed by atoms with Gasteiger partial charge in [0.1, 0.15) is 0 Å². The zero-order valence-corrected chi connectivity index (χ0v) is 10.5. The van der Waals surface area contributed by atoms with Crippen molar-refractivity contribution in [2.24, 2.45) is 0 Å². The van der Waals surface area contributed by atoms with Crippen LogP contribution in [0.2, 0.25) is 0 Å².